The molecule has 1 saturated carbocycles. The van der Waals surface area contributed by atoms with E-state index in [1.807, 2.05) is 30.3 Å². The summed E-state index contributed by atoms with van der Waals surface area (Å²) in [6.45, 7) is 11.2. The first-order valence-electron chi connectivity index (χ1n) is 9.69. The van der Waals surface area contributed by atoms with E-state index in [4.69, 9.17) is 9.16 Å². The smallest absolute Gasteiger partial charge is 0.408 e. The predicted molar refractivity (Wildman–Crippen MR) is 109 cm³/mol. The second-order valence-electron chi connectivity index (χ2n) is 9.02. The van der Waals surface area contributed by atoms with E-state index in [1.165, 1.54) is 0 Å². The van der Waals surface area contributed by atoms with Crippen LogP contribution in [0, 0.1) is 5.92 Å². The summed E-state index contributed by atoms with van der Waals surface area (Å²) in [5, 5.41) is 2.88. The molecule has 1 aromatic carbocycles. The highest BCUT2D eigenvalue weighted by molar-refractivity contribution is 6.74. The van der Waals surface area contributed by atoms with E-state index in [-0.39, 0.29) is 24.2 Å². The first-order chi connectivity index (χ1) is 12.6. The first kappa shape index (κ1) is 21.6. The lowest BCUT2D eigenvalue weighted by atomic mass is 9.71. The predicted octanol–water partition coefficient (Wildman–Crippen LogP) is 4.67. The fourth-order valence-electron chi connectivity index (χ4n) is 2.80. The normalized spacial score (nSPS) is 17.5. The molecule has 1 fully saturated rings. The van der Waals surface area contributed by atoms with Crippen LogP contribution < -0.4 is 5.32 Å². The fraction of sp³-hybridized carbons (Fsp3) is 0.619. The van der Waals surface area contributed by atoms with Gasteiger partial charge in [0.2, 0.25) is 0 Å². The van der Waals surface area contributed by atoms with Gasteiger partial charge in [-0.3, -0.25) is 0 Å². The molecule has 5 nitrogen and oxygen atoms in total. The van der Waals surface area contributed by atoms with Crippen LogP contribution in [0.2, 0.25) is 18.1 Å². The van der Waals surface area contributed by atoms with Gasteiger partial charge in [-0.25, -0.2) is 4.79 Å². The lowest BCUT2D eigenvalue weighted by Crippen LogP contribution is -2.62. The highest BCUT2D eigenvalue weighted by Gasteiger charge is 2.47. The SMILES string of the molecule is CC(C)(C)[Si](C)(C)OC[C@@](C=O)(NC(=O)OCc1ccccc1)C1CCC1. The maximum absolute atomic E-state index is 12.4. The summed E-state index contributed by atoms with van der Waals surface area (Å²) in [7, 11) is -2.04. The number of benzene rings is 1. The van der Waals surface area contributed by atoms with E-state index in [1.54, 1.807) is 0 Å². The Bertz CT molecular complexity index is 637. The monoisotopic (exact) mass is 391 g/mol. The van der Waals surface area contributed by atoms with Gasteiger partial charge in [-0.2, -0.15) is 0 Å². The topological polar surface area (TPSA) is 64.6 Å². The molecule has 1 atom stereocenters. The van der Waals surface area contributed by atoms with Gasteiger partial charge in [-0.1, -0.05) is 57.5 Å². The van der Waals surface area contributed by atoms with Gasteiger partial charge in [0.25, 0.3) is 0 Å². The van der Waals surface area contributed by atoms with Gasteiger partial charge in [-0.05, 0) is 42.5 Å². The molecule has 1 N–H and O–H groups in total. The van der Waals surface area contributed by atoms with Gasteiger partial charge in [-0.15, -0.1) is 0 Å². The molecule has 1 aromatic rings. The van der Waals surface area contributed by atoms with Crippen LogP contribution in [-0.4, -0.2) is 32.8 Å². The van der Waals surface area contributed by atoms with Gasteiger partial charge >= 0.3 is 6.09 Å². The first-order valence-corrected chi connectivity index (χ1v) is 12.6. The summed E-state index contributed by atoms with van der Waals surface area (Å²) in [5.74, 6) is 0.101. The van der Waals surface area contributed by atoms with E-state index in [0.717, 1.165) is 31.1 Å². The maximum Gasteiger partial charge on any atom is 0.408 e. The third-order valence-corrected chi connectivity index (χ3v) is 10.5. The molecular formula is C21H33NO4Si. The van der Waals surface area contributed by atoms with Crippen LogP contribution in [0.15, 0.2) is 30.3 Å². The molecule has 0 saturated heterocycles. The van der Waals surface area contributed by atoms with Gasteiger partial charge in [0.05, 0.1) is 6.61 Å². The highest BCUT2D eigenvalue weighted by Crippen LogP contribution is 2.40. The molecule has 0 heterocycles. The summed E-state index contributed by atoms with van der Waals surface area (Å²) in [6, 6.07) is 9.50. The lowest BCUT2D eigenvalue weighted by Gasteiger charge is -2.45. The average molecular weight is 392 g/mol. The molecule has 0 spiro atoms. The molecule has 1 aliphatic carbocycles. The van der Waals surface area contributed by atoms with Crippen LogP contribution in [0.3, 0.4) is 0 Å². The number of nitrogens with one attached hydrogen (secondary N) is 1. The number of alkyl carbamates (subject to hydrolysis) is 1. The average Bonchev–Trinajstić information content (AvgIpc) is 2.56. The molecular weight excluding hydrogens is 358 g/mol. The Morgan fingerprint density at radius 2 is 1.85 bits per heavy atom. The molecule has 0 radical (unpaired) electrons. The molecule has 6 heteroatoms. The molecule has 0 unspecified atom stereocenters. The Labute approximate surface area is 164 Å². The number of amides is 1. The Kier molecular flexibility index (Phi) is 6.86. The van der Waals surface area contributed by atoms with Crippen molar-refractivity contribution in [1.29, 1.82) is 0 Å². The van der Waals surface area contributed by atoms with Crippen molar-refractivity contribution in [1.82, 2.24) is 5.32 Å². The van der Waals surface area contributed by atoms with E-state index in [0.29, 0.717) is 0 Å². The molecule has 27 heavy (non-hydrogen) atoms. The summed E-state index contributed by atoms with van der Waals surface area (Å²) >= 11 is 0. The third-order valence-electron chi connectivity index (χ3n) is 6.07. The summed E-state index contributed by atoms with van der Waals surface area (Å²) in [6.07, 6.45) is 3.18. The van der Waals surface area contributed by atoms with E-state index < -0.39 is 19.9 Å². The van der Waals surface area contributed by atoms with Crippen molar-refractivity contribution >= 4 is 20.7 Å². The van der Waals surface area contributed by atoms with E-state index >= 15 is 0 Å². The number of carbonyl (C=O) groups is 2. The molecule has 2 rings (SSSR count). The van der Waals surface area contributed by atoms with Crippen molar-refractivity contribution in [3.8, 4) is 0 Å². The second kappa shape index (κ2) is 8.57. The molecule has 0 bridgehead atoms. The van der Waals surface area contributed by atoms with Gasteiger partial charge in [0, 0.05) is 0 Å². The standard InChI is InChI=1S/C21H33NO4Si/c1-20(2,3)27(4,5)26-16-21(15-23,18-12-9-13-18)22-19(24)25-14-17-10-7-6-8-11-17/h6-8,10-11,15,18H,9,12-14,16H2,1-5H3,(H,22,24)/t21-/m1/s1. The quantitative estimate of drug-likeness (QED) is 0.516. The van der Waals surface area contributed by atoms with Crippen molar-refractivity contribution in [3.63, 3.8) is 0 Å². The van der Waals surface area contributed by atoms with Crippen LogP contribution >= 0.6 is 0 Å². The zero-order valence-electron chi connectivity index (χ0n) is 17.2. The Hall–Kier alpha value is -1.66. The number of carbonyl (C=O) groups excluding carboxylic acids is 2. The maximum atomic E-state index is 12.4. The van der Waals surface area contributed by atoms with Crippen molar-refractivity contribution in [2.45, 2.75) is 70.3 Å². The number of aldehydes is 1. The van der Waals surface area contributed by atoms with Gasteiger partial charge in [0.1, 0.15) is 18.4 Å². The van der Waals surface area contributed by atoms with Gasteiger partial charge in [0.15, 0.2) is 8.32 Å². The molecule has 1 amide bonds. The Morgan fingerprint density at radius 1 is 1.22 bits per heavy atom. The molecule has 0 aromatic heterocycles. The Balaban J connectivity index is 2.04. The van der Waals surface area contributed by atoms with Crippen LogP contribution in [0.5, 0.6) is 0 Å². The van der Waals surface area contributed by atoms with Crippen LogP contribution in [-0.2, 0) is 20.6 Å². The summed E-state index contributed by atoms with van der Waals surface area (Å²) in [4.78, 5) is 24.5. The van der Waals surface area contributed by atoms with E-state index in [9.17, 15) is 9.59 Å². The number of rotatable bonds is 8. The molecule has 0 aliphatic heterocycles. The minimum Gasteiger partial charge on any atom is -0.445 e. The number of ether oxygens (including phenoxy) is 1. The van der Waals surface area contributed by atoms with Crippen LogP contribution in [0.25, 0.3) is 0 Å². The van der Waals surface area contributed by atoms with Crippen LogP contribution in [0.1, 0.15) is 45.6 Å². The number of hydrogen-bond donors (Lipinski definition) is 1. The van der Waals surface area contributed by atoms with Crippen molar-refractivity contribution < 1.29 is 18.8 Å². The van der Waals surface area contributed by atoms with Crippen molar-refractivity contribution in [2.75, 3.05) is 6.61 Å². The zero-order valence-corrected chi connectivity index (χ0v) is 18.2. The summed E-state index contributed by atoms with van der Waals surface area (Å²) in [5.41, 5.74) is -0.104. The second-order valence-corrected chi connectivity index (χ2v) is 13.8. The third kappa shape index (κ3) is 5.42. The minimum atomic E-state index is -2.04. The molecule has 1 aliphatic rings. The number of hydrogen-bond acceptors (Lipinski definition) is 4. The van der Waals surface area contributed by atoms with Crippen molar-refractivity contribution in [3.05, 3.63) is 35.9 Å². The largest absolute Gasteiger partial charge is 0.445 e. The molecule has 150 valence electrons. The fourth-order valence-corrected chi connectivity index (χ4v) is 3.84. The minimum absolute atomic E-state index is 0.0368. The highest BCUT2D eigenvalue weighted by atomic mass is 28.4. The lowest BCUT2D eigenvalue weighted by molar-refractivity contribution is -0.118. The van der Waals surface area contributed by atoms with Gasteiger partial charge < -0.3 is 19.3 Å². The van der Waals surface area contributed by atoms with Crippen molar-refractivity contribution in [2.24, 2.45) is 5.92 Å². The summed E-state index contributed by atoms with van der Waals surface area (Å²) < 4.78 is 11.7. The Morgan fingerprint density at radius 3 is 2.33 bits per heavy atom. The zero-order chi connectivity index (χ0) is 20.1. The van der Waals surface area contributed by atoms with E-state index in [2.05, 4.69) is 39.2 Å². The van der Waals surface area contributed by atoms with Crippen LogP contribution in [0.4, 0.5) is 4.79 Å².